The molecule has 0 aliphatic rings. The van der Waals surface area contributed by atoms with E-state index in [1.807, 2.05) is 72.8 Å². The fourth-order valence-corrected chi connectivity index (χ4v) is 5.41. The van der Waals surface area contributed by atoms with E-state index in [0.717, 1.165) is 44.5 Å². The highest BCUT2D eigenvalue weighted by Crippen LogP contribution is 2.34. The first-order chi connectivity index (χ1) is 22.5. The smallest absolute Gasteiger partial charge is 0.193 e. The second kappa shape index (κ2) is 12.7. The Bertz CT molecular complexity index is 2030. The fourth-order valence-electron chi connectivity index (χ4n) is 5.41. The van der Waals surface area contributed by atoms with Gasteiger partial charge in [-0.25, -0.2) is 4.85 Å². The quantitative estimate of drug-likeness (QED) is 0.143. The van der Waals surface area contributed by atoms with Crippen LogP contribution in [0.4, 0.5) is 5.69 Å². The summed E-state index contributed by atoms with van der Waals surface area (Å²) in [5, 5.41) is 28.6. The molecule has 0 N–H and O–H groups in total. The van der Waals surface area contributed by atoms with Gasteiger partial charge in [0.2, 0.25) is 0 Å². The zero-order valence-corrected chi connectivity index (χ0v) is 24.4. The molecule has 0 saturated heterocycles. The van der Waals surface area contributed by atoms with Gasteiger partial charge in [-0.05, 0) is 123 Å². The predicted molar refractivity (Wildman–Crippen MR) is 178 cm³/mol. The SMILES string of the molecule is [C-]#[N+]c1cccc(-c2cc(C(=O)c3cc(-c4cccc(C#N)c4)cc(-c4cccc(C#N)c4)c3)cc(-c3cccc(C#N)c3)c2)c1. The monoisotopic (exact) mass is 586 g/mol. The van der Waals surface area contributed by atoms with E-state index in [9.17, 15) is 20.6 Å². The summed E-state index contributed by atoms with van der Waals surface area (Å²) in [6.07, 6.45) is 0. The topological polar surface area (TPSA) is 92.8 Å². The van der Waals surface area contributed by atoms with Crippen molar-refractivity contribution >= 4 is 11.5 Å². The third-order valence-corrected chi connectivity index (χ3v) is 7.67. The van der Waals surface area contributed by atoms with E-state index >= 15 is 0 Å². The van der Waals surface area contributed by atoms with Crippen LogP contribution in [0.1, 0.15) is 32.6 Å². The van der Waals surface area contributed by atoms with Gasteiger partial charge in [0.25, 0.3) is 0 Å². The number of nitriles is 3. The van der Waals surface area contributed by atoms with E-state index in [1.54, 1.807) is 60.7 Å². The van der Waals surface area contributed by atoms with E-state index in [-0.39, 0.29) is 5.78 Å². The van der Waals surface area contributed by atoms with Crippen molar-refractivity contribution in [1.82, 2.24) is 0 Å². The van der Waals surface area contributed by atoms with Crippen LogP contribution in [0, 0.1) is 40.6 Å². The third-order valence-electron chi connectivity index (χ3n) is 7.67. The Balaban J connectivity index is 1.56. The Labute approximate surface area is 266 Å². The standard InChI is InChI=1S/C41H22N4O/c1-45-40-13-5-12-33(23-40)37-18-36(32-11-4-8-29(16-32)26-44)21-39(22-37)41(46)38-19-34(30-9-2-6-27(14-30)24-42)17-35(20-38)31-10-3-7-28(15-31)25-43/h2-23H. The molecule has 0 bridgehead atoms. The molecule has 5 heteroatoms. The molecular formula is C41H22N4O. The van der Waals surface area contributed by atoms with Crippen molar-refractivity contribution in [3.05, 3.63) is 173 Å². The molecule has 0 spiro atoms. The van der Waals surface area contributed by atoms with Crippen LogP contribution in [-0.4, -0.2) is 5.78 Å². The van der Waals surface area contributed by atoms with Gasteiger partial charge in [-0.2, -0.15) is 15.8 Å². The zero-order valence-electron chi connectivity index (χ0n) is 24.4. The molecule has 46 heavy (non-hydrogen) atoms. The summed E-state index contributed by atoms with van der Waals surface area (Å²) in [5.74, 6) is -0.225. The van der Waals surface area contributed by atoms with Gasteiger partial charge in [0.1, 0.15) is 0 Å². The lowest BCUT2D eigenvalue weighted by Crippen LogP contribution is -2.03. The van der Waals surface area contributed by atoms with Crippen molar-refractivity contribution in [2.45, 2.75) is 0 Å². The number of nitrogens with zero attached hydrogens (tertiary/aromatic N) is 4. The highest BCUT2D eigenvalue weighted by Gasteiger charge is 2.17. The molecule has 5 nitrogen and oxygen atoms in total. The Morgan fingerprint density at radius 2 is 0.804 bits per heavy atom. The van der Waals surface area contributed by atoms with E-state index in [1.165, 1.54) is 0 Å². The van der Waals surface area contributed by atoms with Crippen molar-refractivity contribution in [1.29, 1.82) is 15.8 Å². The van der Waals surface area contributed by atoms with Crippen molar-refractivity contribution < 1.29 is 4.79 Å². The van der Waals surface area contributed by atoms with Gasteiger partial charge in [-0.3, -0.25) is 4.79 Å². The van der Waals surface area contributed by atoms with Gasteiger partial charge < -0.3 is 0 Å². The Kier molecular flexibility index (Phi) is 8.00. The van der Waals surface area contributed by atoms with Crippen molar-refractivity contribution in [3.63, 3.8) is 0 Å². The minimum Gasteiger partial charge on any atom is -0.289 e. The van der Waals surface area contributed by atoms with Crippen LogP contribution in [0.5, 0.6) is 0 Å². The highest BCUT2D eigenvalue weighted by molar-refractivity contribution is 6.11. The lowest BCUT2D eigenvalue weighted by molar-refractivity contribution is 0.103. The normalized spacial score (nSPS) is 10.2. The molecule has 0 aliphatic heterocycles. The van der Waals surface area contributed by atoms with E-state index in [0.29, 0.717) is 33.5 Å². The van der Waals surface area contributed by atoms with Crippen LogP contribution in [0.2, 0.25) is 0 Å². The van der Waals surface area contributed by atoms with Gasteiger partial charge in [0.15, 0.2) is 11.5 Å². The van der Waals surface area contributed by atoms with Crippen LogP contribution in [0.15, 0.2) is 133 Å². The number of rotatable bonds is 6. The van der Waals surface area contributed by atoms with Crippen LogP contribution >= 0.6 is 0 Å². The molecule has 0 aliphatic carbocycles. The van der Waals surface area contributed by atoms with Crippen molar-refractivity contribution in [2.75, 3.05) is 0 Å². The number of hydrogen-bond acceptors (Lipinski definition) is 4. The molecule has 0 radical (unpaired) electrons. The highest BCUT2D eigenvalue weighted by atomic mass is 16.1. The van der Waals surface area contributed by atoms with Gasteiger partial charge in [-0.1, -0.05) is 54.6 Å². The minimum atomic E-state index is -0.225. The molecule has 0 fully saturated rings. The average molecular weight is 587 g/mol. The second-order valence-electron chi connectivity index (χ2n) is 10.7. The van der Waals surface area contributed by atoms with Crippen LogP contribution in [-0.2, 0) is 0 Å². The molecule has 6 aromatic carbocycles. The number of ketones is 1. The lowest BCUT2D eigenvalue weighted by Gasteiger charge is -2.14. The molecule has 0 unspecified atom stereocenters. The molecule has 0 atom stereocenters. The van der Waals surface area contributed by atoms with E-state index in [2.05, 4.69) is 23.1 Å². The zero-order chi connectivity index (χ0) is 32.0. The van der Waals surface area contributed by atoms with Gasteiger partial charge in [0, 0.05) is 11.1 Å². The first kappa shape index (κ1) is 29.0. The van der Waals surface area contributed by atoms with Crippen LogP contribution in [0.3, 0.4) is 0 Å². The fraction of sp³-hybridized carbons (Fsp3) is 0. The Morgan fingerprint density at radius 1 is 0.457 bits per heavy atom. The summed E-state index contributed by atoms with van der Waals surface area (Å²) in [4.78, 5) is 18.0. The van der Waals surface area contributed by atoms with Crippen LogP contribution in [0.25, 0.3) is 49.4 Å². The molecule has 6 rings (SSSR count). The number of carbonyl (C=O) groups excluding carboxylic acids is 1. The predicted octanol–water partition coefficient (Wildman–Crippen LogP) is 9.75. The first-order valence-corrected chi connectivity index (χ1v) is 14.3. The molecule has 6 aromatic rings. The van der Waals surface area contributed by atoms with E-state index < -0.39 is 0 Å². The maximum Gasteiger partial charge on any atom is 0.193 e. The Morgan fingerprint density at radius 3 is 1.15 bits per heavy atom. The van der Waals surface area contributed by atoms with Crippen molar-refractivity contribution in [2.24, 2.45) is 0 Å². The molecule has 212 valence electrons. The van der Waals surface area contributed by atoms with Gasteiger partial charge in [0.05, 0.1) is 41.5 Å². The summed E-state index contributed by atoms with van der Waals surface area (Å²) in [7, 11) is 0. The van der Waals surface area contributed by atoms with E-state index in [4.69, 9.17) is 6.57 Å². The third kappa shape index (κ3) is 6.04. The van der Waals surface area contributed by atoms with Gasteiger partial charge in [-0.15, -0.1) is 0 Å². The Hall–Kier alpha value is -7.05. The summed E-state index contributed by atoms with van der Waals surface area (Å²) >= 11 is 0. The minimum absolute atomic E-state index is 0.225. The second-order valence-corrected chi connectivity index (χ2v) is 10.7. The molecular weight excluding hydrogens is 564 g/mol. The maximum absolute atomic E-state index is 14.5. The lowest BCUT2D eigenvalue weighted by atomic mass is 9.89. The number of carbonyl (C=O) groups is 1. The number of hydrogen-bond donors (Lipinski definition) is 0. The molecule has 0 saturated carbocycles. The number of benzene rings is 6. The summed E-state index contributed by atoms with van der Waals surface area (Å²) < 4.78 is 0. The average Bonchev–Trinajstić information content (AvgIpc) is 3.14. The van der Waals surface area contributed by atoms with Crippen LogP contribution < -0.4 is 0 Å². The molecule has 0 heterocycles. The van der Waals surface area contributed by atoms with Crippen molar-refractivity contribution in [3.8, 4) is 62.7 Å². The van der Waals surface area contributed by atoms with Gasteiger partial charge >= 0.3 is 0 Å². The maximum atomic E-state index is 14.5. The molecule has 0 amide bonds. The largest absolute Gasteiger partial charge is 0.289 e. The summed E-state index contributed by atoms with van der Waals surface area (Å²) in [6.45, 7) is 7.49. The summed E-state index contributed by atoms with van der Waals surface area (Å²) in [6, 6.07) is 46.6. The molecule has 0 aromatic heterocycles. The summed E-state index contributed by atoms with van der Waals surface area (Å²) in [5.41, 5.74) is 9.01. The first-order valence-electron chi connectivity index (χ1n) is 14.3.